The van der Waals surface area contributed by atoms with Gasteiger partial charge in [-0.3, -0.25) is 0 Å². The van der Waals surface area contributed by atoms with Crippen LogP contribution in [0.5, 0.6) is 11.5 Å². The summed E-state index contributed by atoms with van der Waals surface area (Å²) < 4.78 is 15.3. The summed E-state index contributed by atoms with van der Waals surface area (Å²) in [5, 5.41) is 2.30. The van der Waals surface area contributed by atoms with Gasteiger partial charge in [-0.15, -0.1) is 0 Å². The first-order valence-electron chi connectivity index (χ1n) is 28.2. The topological polar surface area (TPSA) is 36.9 Å². The fourth-order valence-corrected chi connectivity index (χ4v) is 15.3. The van der Waals surface area contributed by atoms with Crippen molar-refractivity contribution in [1.82, 2.24) is 18.7 Å². The van der Waals surface area contributed by atoms with Crippen molar-refractivity contribution in [2.45, 2.75) is 67.6 Å². The summed E-state index contributed by atoms with van der Waals surface area (Å²) >= 11 is 4.42. The van der Waals surface area contributed by atoms with E-state index in [1.807, 2.05) is 24.0 Å². The third kappa shape index (κ3) is 7.86. The van der Waals surface area contributed by atoms with Crippen molar-refractivity contribution in [3.8, 4) is 62.1 Å². The van der Waals surface area contributed by atoms with E-state index in [-0.39, 0.29) is 10.8 Å². The van der Waals surface area contributed by atoms with E-state index in [1.54, 1.807) is 0 Å². The molecule has 10 aromatic carbocycles. The van der Waals surface area contributed by atoms with Gasteiger partial charge in [0, 0.05) is 16.0 Å². The molecule has 3 aromatic heterocycles. The molecule has 13 aromatic rings. The first kappa shape index (κ1) is 50.4. The normalized spacial score (nSPS) is 13.4. The number of fused-ring (bicyclic) bond motifs is 13. The van der Waals surface area contributed by atoms with E-state index < -0.39 is 5.41 Å². The molecule has 1 aliphatic carbocycles. The number of nitrogens with zero attached hydrogens (tertiary/aromatic N) is 4. The molecule has 7 heteroatoms. The average molecular weight is 1260 g/mol. The Hall–Kier alpha value is -8.54. The molecule has 0 bridgehead atoms. The summed E-state index contributed by atoms with van der Waals surface area (Å²) in [7, 11) is 0. The second-order valence-corrected chi connectivity index (χ2v) is 26.0. The quantitative estimate of drug-likeness (QED) is 0.160. The Morgan fingerprint density at radius 1 is 0.415 bits per heavy atom. The number of ether oxygens (including phenoxy) is 1. The average Bonchev–Trinajstić information content (AvgIpc) is 1.62. The summed E-state index contributed by atoms with van der Waals surface area (Å²) in [5.74, 6) is 2.32. The van der Waals surface area contributed by atoms with Gasteiger partial charge in [-0.2, -0.15) is 0 Å². The van der Waals surface area contributed by atoms with E-state index in [1.165, 1.54) is 70.8 Å². The molecule has 5 nitrogen and oxygen atoms in total. The van der Waals surface area contributed by atoms with Crippen LogP contribution in [0.1, 0.15) is 74.9 Å². The van der Waals surface area contributed by atoms with Gasteiger partial charge in [0.25, 0.3) is 0 Å². The molecule has 1 spiro atoms. The van der Waals surface area contributed by atoms with Crippen molar-refractivity contribution in [1.29, 1.82) is 0 Å². The number of aromatic nitrogens is 4. The third-order valence-corrected chi connectivity index (χ3v) is 19.1. The third-order valence-electron chi connectivity index (χ3n) is 16.9. The summed E-state index contributed by atoms with van der Waals surface area (Å²) in [4.78, 5) is 7.60. The molecular weight excluding hydrogens is 1200 g/mol. The Labute approximate surface area is 493 Å². The van der Waals surface area contributed by atoms with Crippen LogP contribution in [-0.4, -0.2) is 18.7 Å². The van der Waals surface area contributed by atoms with Crippen LogP contribution in [0.2, 0.25) is 0 Å². The van der Waals surface area contributed by atoms with E-state index in [0.29, 0.717) is 0 Å². The van der Waals surface area contributed by atoms with Gasteiger partial charge in [0.05, 0.1) is 5.41 Å². The number of imidazole rings is 1. The standard InChI is InChI=1S/C75H58N4OS.Pt/c1-73(2,3)50-40-49(41-51(42-50)74(4,5)6)56-28-21-27-55(48-22-8-7-9-23-48)72(56)78-47-77(65-32-14-15-33-66(65)78)52-24-20-25-53(43-52)80-54-37-38-58-60-45-59-57-26-10-11-29-61(57)75(62-30-12-16-34-69(62)81-70-35-17-13-31-63(70)75)64(59)46-68(60)79(67(58)44-54)71-36-18-19-39-76-71;/h7-46H,1-6H3;. The van der Waals surface area contributed by atoms with Crippen LogP contribution in [0.4, 0.5) is 0 Å². The number of hydrogen-bond acceptors (Lipinski definition) is 3. The monoisotopic (exact) mass is 1260 g/mol. The van der Waals surface area contributed by atoms with Crippen molar-refractivity contribution in [2.24, 2.45) is 0 Å². The van der Waals surface area contributed by atoms with E-state index in [9.17, 15) is 0 Å². The molecule has 2 aliphatic rings. The van der Waals surface area contributed by atoms with Crippen LogP contribution >= 0.6 is 11.8 Å². The molecule has 0 radical (unpaired) electrons. The van der Waals surface area contributed by atoms with Crippen molar-refractivity contribution < 1.29 is 24.1 Å². The SMILES string of the molecule is CC(C)(C)c1cc(-c2cccc(-c3ccccc3)c2-n2[c](=[Pt])n(-c3cccc(Oc4ccc5c6cc7c(cc6n(-c6ccccn6)c5c4)C4(c5ccccc5Sc5ccccc54)c4ccccc4-7)c3)c3ccccc32)cc(C(C)(C)C)c1. The summed E-state index contributed by atoms with van der Waals surface area (Å²) in [5.41, 5.74) is 21.0. The minimum atomic E-state index is -0.507. The van der Waals surface area contributed by atoms with Gasteiger partial charge in [0.1, 0.15) is 0 Å². The molecule has 0 saturated carbocycles. The number of rotatable bonds is 7. The van der Waals surface area contributed by atoms with Gasteiger partial charge in [0.15, 0.2) is 0 Å². The van der Waals surface area contributed by atoms with Crippen LogP contribution in [0.3, 0.4) is 0 Å². The molecule has 0 unspecified atom stereocenters. The predicted octanol–water partition coefficient (Wildman–Crippen LogP) is 19.5. The Bertz CT molecular complexity index is 4730. The van der Waals surface area contributed by atoms with Gasteiger partial charge in [-0.05, 0) is 51.6 Å². The van der Waals surface area contributed by atoms with Crippen LogP contribution in [0, 0.1) is 3.80 Å². The summed E-state index contributed by atoms with van der Waals surface area (Å²) in [6, 6.07) is 86.9. The predicted molar refractivity (Wildman–Crippen MR) is 334 cm³/mol. The molecule has 0 amide bonds. The second kappa shape index (κ2) is 19.0. The van der Waals surface area contributed by atoms with Crippen molar-refractivity contribution >= 4 is 44.6 Å². The molecule has 0 N–H and O–H groups in total. The van der Waals surface area contributed by atoms with Gasteiger partial charge in [-0.25, -0.2) is 0 Å². The zero-order valence-electron chi connectivity index (χ0n) is 46.5. The molecule has 400 valence electrons. The first-order chi connectivity index (χ1) is 39.8. The molecule has 1 aliphatic heterocycles. The van der Waals surface area contributed by atoms with Gasteiger partial charge in [-0.1, -0.05) is 78.5 Å². The fraction of sp³-hybridized carbons (Fsp3) is 0.120. The number of hydrogen-bond donors (Lipinski definition) is 0. The molecule has 15 rings (SSSR count). The van der Waals surface area contributed by atoms with Gasteiger partial charge >= 0.3 is 346 Å². The molecule has 0 atom stereocenters. The first-order valence-corrected chi connectivity index (χ1v) is 30.1. The Balaban J connectivity index is 0.886. The summed E-state index contributed by atoms with van der Waals surface area (Å²) in [6.07, 6.45) is 1.89. The van der Waals surface area contributed by atoms with Crippen LogP contribution in [-0.2, 0) is 35.6 Å². The summed E-state index contributed by atoms with van der Waals surface area (Å²) in [6.45, 7) is 13.9. The Morgan fingerprint density at radius 3 is 1.70 bits per heavy atom. The molecular formula is C75H58N4OPtS. The number of para-hydroxylation sites is 3. The van der Waals surface area contributed by atoms with E-state index >= 15 is 0 Å². The zero-order valence-corrected chi connectivity index (χ0v) is 49.6. The van der Waals surface area contributed by atoms with Crippen molar-refractivity contribution in [3.63, 3.8) is 0 Å². The van der Waals surface area contributed by atoms with Gasteiger partial charge < -0.3 is 0 Å². The van der Waals surface area contributed by atoms with Gasteiger partial charge in [0.2, 0.25) is 0 Å². The fourth-order valence-electron chi connectivity index (χ4n) is 13.0. The molecule has 0 saturated heterocycles. The molecule has 4 heterocycles. The maximum atomic E-state index is 7.05. The number of benzene rings is 10. The van der Waals surface area contributed by atoms with Crippen molar-refractivity contribution in [2.75, 3.05) is 0 Å². The van der Waals surface area contributed by atoms with E-state index in [0.717, 1.165) is 71.1 Å². The molecule has 82 heavy (non-hydrogen) atoms. The maximum absolute atomic E-state index is 7.05. The minimum absolute atomic E-state index is 0.0471. The number of pyridine rings is 1. The Morgan fingerprint density at radius 2 is 1.00 bits per heavy atom. The van der Waals surface area contributed by atoms with E-state index in [4.69, 9.17) is 9.72 Å². The van der Waals surface area contributed by atoms with Crippen LogP contribution < -0.4 is 4.74 Å². The van der Waals surface area contributed by atoms with Crippen LogP contribution in [0.25, 0.3) is 83.4 Å². The second-order valence-electron chi connectivity index (χ2n) is 23.9. The molecule has 0 fully saturated rings. The van der Waals surface area contributed by atoms with E-state index in [2.05, 4.69) is 305 Å². The van der Waals surface area contributed by atoms with Crippen LogP contribution in [0.15, 0.2) is 253 Å². The van der Waals surface area contributed by atoms with Crippen molar-refractivity contribution in [3.05, 3.63) is 280 Å². The zero-order chi connectivity index (χ0) is 55.6. The Kier molecular flexibility index (Phi) is 11.7.